The molecular formula is C18H17N3O10S3. The summed E-state index contributed by atoms with van der Waals surface area (Å²) >= 11 is 0. The summed E-state index contributed by atoms with van der Waals surface area (Å²) in [5.41, 5.74) is -0.739. The highest BCUT2D eigenvalue weighted by molar-refractivity contribution is 7.86. The van der Waals surface area contributed by atoms with Crippen LogP contribution in [0.1, 0.15) is 5.56 Å². The number of fused-ring (bicyclic) bond motifs is 1. The molecule has 182 valence electrons. The summed E-state index contributed by atoms with van der Waals surface area (Å²) in [5.74, 6) is -0.860. The van der Waals surface area contributed by atoms with Crippen LogP contribution >= 0.6 is 0 Å². The Morgan fingerprint density at radius 3 is 1.94 bits per heavy atom. The first-order valence-corrected chi connectivity index (χ1v) is 13.3. The van der Waals surface area contributed by atoms with Crippen molar-refractivity contribution in [2.75, 3.05) is 12.4 Å². The molecule has 0 aromatic heterocycles. The topological polar surface area (TPSA) is 220 Å². The van der Waals surface area contributed by atoms with Crippen molar-refractivity contribution in [3.05, 3.63) is 42.0 Å². The number of nitrogens with one attached hydrogen (secondary N) is 1. The van der Waals surface area contributed by atoms with Gasteiger partial charge in [0.05, 0.1) is 4.90 Å². The molecule has 3 rings (SSSR count). The summed E-state index contributed by atoms with van der Waals surface area (Å²) in [6.07, 6.45) is 0. The largest absolute Gasteiger partial charge is 0.505 e. The molecule has 0 aliphatic carbocycles. The van der Waals surface area contributed by atoms with Gasteiger partial charge < -0.3 is 10.4 Å². The lowest BCUT2D eigenvalue weighted by Gasteiger charge is -2.13. The number of anilines is 1. The Bertz CT molecular complexity index is 1680. The monoisotopic (exact) mass is 531 g/mol. The van der Waals surface area contributed by atoms with Crippen LogP contribution in [0.15, 0.2) is 61.3 Å². The van der Waals surface area contributed by atoms with Crippen LogP contribution in [0.25, 0.3) is 10.8 Å². The van der Waals surface area contributed by atoms with E-state index in [0.29, 0.717) is 5.56 Å². The molecule has 0 fully saturated rings. The minimum atomic E-state index is -5.08. The van der Waals surface area contributed by atoms with Crippen molar-refractivity contribution in [2.24, 2.45) is 10.2 Å². The van der Waals surface area contributed by atoms with Crippen molar-refractivity contribution in [3.8, 4) is 5.75 Å². The highest BCUT2D eigenvalue weighted by Crippen LogP contribution is 2.45. The second kappa shape index (κ2) is 8.57. The van der Waals surface area contributed by atoms with Crippen LogP contribution in [0.3, 0.4) is 0 Å². The molecule has 0 saturated carbocycles. The first-order chi connectivity index (χ1) is 15.5. The quantitative estimate of drug-likeness (QED) is 0.230. The van der Waals surface area contributed by atoms with E-state index in [1.165, 1.54) is 19.2 Å². The lowest BCUT2D eigenvalue weighted by Crippen LogP contribution is -2.03. The normalized spacial score (nSPS) is 13.0. The summed E-state index contributed by atoms with van der Waals surface area (Å²) in [6, 6.07) is 6.23. The number of hydrogen-bond acceptors (Lipinski definition) is 10. The fraction of sp³-hybridized carbons (Fsp3) is 0.111. The Hall–Kier alpha value is -3.15. The number of aromatic hydroxyl groups is 1. The van der Waals surface area contributed by atoms with Crippen molar-refractivity contribution < 1.29 is 44.0 Å². The predicted molar refractivity (Wildman–Crippen MR) is 120 cm³/mol. The van der Waals surface area contributed by atoms with Gasteiger partial charge in [-0.25, -0.2) is 0 Å². The van der Waals surface area contributed by atoms with E-state index in [9.17, 15) is 44.0 Å². The zero-order valence-electron chi connectivity index (χ0n) is 17.3. The summed E-state index contributed by atoms with van der Waals surface area (Å²) in [7, 11) is -13.2. The van der Waals surface area contributed by atoms with Gasteiger partial charge in [-0.15, -0.1) is 10.2 Å². The maximum absolute atomic E-state index is 12.0. The number of rotatable bonds is 6. The molecule has 5 N–H and O–H groups in total. The maximum atomic E-state index is 12.0. The van der Waals surface area contributed by atoms with Crippen LogP contribution in [0.4, 0.5) is 17.1 Å². The van der Waals surface area contributed by atoms with E-state index in [0.717, 1.165) is 24.3 Å². The van der Waals surface area contributed by atoms with Gasteiger partial charge in [0, 0.05) is 18.1 Å². The van der Waals surface area contributed by atoms with E-state index in [1.54, 1.807) is 6.92 Å². The lowest BCUT2D eigenvalue weighted by molar-refractivity contribution is 0.472. The standard InChI is InChI=1S/C18H17N3O10S3/c1-9-3-4-14(33(26,27)28)12(5-9)20-21-17-15(34(29,30)31)7-10-6-11(32(23,24)25)8-13(19-2)16(10)18(17)22/h3-8,19,22H,1-2H3,(H,23,24,25)(H,26,27,28)(H,29,30,31). The van der Waals surface area contributed by atoms with Crippen molar-refractivity contribution in [1.29, 1.82) is 0 Å². The number of aryl methyl sites for hydroxylation is 1. The Kier molecular flexibility index (Phi) is 6.42. The Labute approximate surface area is 194 Å². The molecule has 0 aliphatic rings. The van der Waals surface area contributed by atoms with Crippen molar-refractivity contribution in [3.63, 3.8) is 0 Å². The van der Waals surface area contributed by atoms with Gasteiger partial charge >= 0.3 is 0 Å². The average Bonchev–Trinajstić information content (AvgIpc) is 2.69. The smallest absolute Gasteiger partial charge is 0.296 e. The third-order valence-corrected chi connectivity index (χ3v) is 7.22. The molecule has 34 heavy (non-hydrogen) atoms. The van der Waals surface area contributed by atoms with Crippen LogP contribution in [0.2, 0.25) is 0 Å². The summed E-state index contributed by atoms with van der Waals surface area (Å²) in [5, 5.41) is 20.3. The molecule has 0 saturated heterocycles. The second-order valence-corrected chi connectivity index (χ2v) is 11.2. The molecule has 0 spiro atoms. The number of hydrogen-bond donors (Lipinski definition) is 5. The molecule has 16 heteroatoms. The molecule has 13 nitrogen and oxygen atoms in total. The Morgan fingerprint density at radius 2 is 1.41 bits per heavy atom. The molecule has 0 amide bonds. The van der Waals surface area contributed by atoms with Gasteiger partial charge in [0.2, 0.25) is 0 Å². The van der Waals surface area contributed by atoms with Crippen molar-refractivity contribution >= 4 is 58.2 Å². The number of nitrogens with zero attached hydrogens (tertiary/aromatic N) is 2. The molecular weight excluding hydrogens is 514 g/mol. The highest BCUT2D eigenvalue weighted by Gasteiger charge is 2.25. The third kappa shape index (κ3) is 5.01. The molecule has 3 aromatic rings. The molecule has 3 aromatic carbocycles. The van der Waals surface area contributed by atoms with E-state index in [-0.39, 0.29) is 22.1 Å². The number of benzene rings is 3. The third-order valence-electron chi connectivity index (χ3n) is 4.62. The average molecular weight is 532 g/mol. The highest BCUT2D eigenvalue weighted by atomic mass is 32.2. The van der Waals surface area contributed by atoms with Crippen LogP contribution in [0, 0.1) is 6.92 Å². The van der Waals surface area contributed by atoms with Gasteiger partial charge in [-0.05, 0) is 48.2 Å². The van der Waals surface area contributed by atoms with E-state index < -0.39 is 56.5 Å². The maximum Gasteiger partial charge on any atom is 0.296 e. The fourth-order valence-corrected chi connectivity index (χ4v) is 4.93. The van der Waals surface area contributed by atoms with E-state index in [1.807, 2.05) is 0 Å². The second-order valence-electron chi connectivity index (χ2n) is 6.99. The van der Waals surface area contributed by atoms with Gasteiger partial charge in [-0.1, -0.05) is 6.07 Å². The zero-order chi connectivity index (χ0) is 25.6. The minimum Gasteiger partial charge on any atom is -0.505 e. The number of azo groups is 1. The number of phenols is 1. The molecule has 0 aliphatic heterocycles. The van der Waals surface area contributed by atoms with Gasteiger partial charge in [0.15, 0.2) is 5.75 Å². The van der Waals surface area contributed by atoms with E-state index in [2.05, 4.69) is 15.5 Å². The van der Waals surface area contributed by atoms with E-state index >= 15 is 0 Å². The summed E-state index contributed by atoms with van der Waals surface area (Å²) < 4.78 is 98.8. The van der Waals surface area contributed by atoms with Gasteiger partial charge in [0.25, 0.3) is 30.4 Å². The molecule has 0 radical (unpaired) electrons. The fourth-order valence-electron chi connectivity index (χ4n) is 3.13. The van der Waals surface area contributed by atoms with Crippen LogP contribution in [-0.4, -0.2) is 51.1 Å². The predicted octanol–water partition coefficient (Wildman–Crippen LogP) is 3.05. The van der Waals surface area contributed by atoms with Crippen LogP contribution in [-0.2, 0) is 30.4 Å². The lowest BCUT2D eigenvalue weighted by atomic mass is 10.1. The van der Waals surface area contributed by atoms with Gasteiger partial charge in [-0.2, -0.15) is 25.3 Å². The van der Waals surface area contributed by atoms with Crippen molar-refractivity contribution in [2.45, 2.75) is 21.6 Å². The van der Waals surface area contributed by atoms with Gasteiger partial charge in [0.1, 0.15) is 21.2 Å². The first-order valence-electron chi connectivity index (χ1n) is 9.00. The van der Waals surface area contributed by atoms with Crippen molar-refractivity contribution in [1.82, 2.24) is 0 Å². The SMILES string of the molecule is CNc1cc(S(=O)(=O)O)cc2cc(S(=O)(=O)O)c(N=Nc3cc(C)ccc3S(=O)(=O)O)c(O)c12. The Balaban J connectivity index is 2.41. The molecule has 0 atom stereocenters. The molecule has 0 heterocycles. The Morgan fingerprint density at radius 1 is 0.794 bits per heavy atom. The first kappa shape index (κ1) is 25.5. The van der Waals surface area contributed by atoms with Gasteiger partial charge in [-0.3, -0.25) is 13.7 Å². The summed E-state index contributed by atoms with van der Waals surface area (Å²) in [6.45, 7) is 1.58. The zero-order valence-corrected chi connectivity index (χ0v) is 19.8. The summed E-state index contributed by atoms with van der Waals surface area (Å²) in [4.78, 5) is -2.27. The minimum absolute atomic E-state index is 0.0601. The van der Waals surface area contributed by atoms with Crippen LogP contribution < -0.4 is 5.32 Å². The molecule has 0 bridgehead atoms. The number of phenolic OH excluding ortho intramolecular Hbond substituents is 1. The van der Waals surface area contributed by atoms with Crippen LogP contribution in [0.5, 0.6) is 5.75 Å². The molecule has 0 unspecified atom stereocenters. The van der Waals surface area contributed by atoms with E-state index in [4.69, 9.17) is 0 Å².